The van der Waals surface area contributed by atoms with Crippen molar-refractivity contribution in [3.05, 3.63) is 95.3 Å². The topological polar surface area (TPSA) is 71.1 Å². The third-order valence-corrected chi connectivity index (χ3v) is 5.34. The standard InChI is InChI=1S/C24H23N3O2/c1-17-4-2-6-20(14-17)24(10-11-24)23(29)26-16-18-5-3-7-21(15-18)27-22(28)19-8-12-25-13-9-19/h2-9,12-15H,10-11,16H2,1H3,(H,26,29)(H,27,28). The molecular weight excluding hydrogens is 362 g/mol. The van der Waals surface area contributed by atoms with Crippen LogP contribution >= 0.6 is 0 Å². The first-order chi connectivity index (χ1) is 14.1. The highest BCUT2D eigenvalue weighted by atomic mass is 16.2. The van der Waals surface area contributed by atoms with Gasteiger partial charge in [0.05, 0.1) is 5.41 Å². The summed E-state index contributed by atoms with van der Waals surface area (Å²) in [7, 11) is 0. The van der Waals surface area contributed by atoms with Crippen molar-refractivity contribution in [2.24, 2.45) is 0 Å². The average molecular weight is 385 g/mol. The van der Waals surface area contributed by atoms with Crippen LogP contribution < -0.4 is 10.6 Å². The Kier molecular flexibility index (Phi) is 5.12. The number of aromatic nitrogens is 1. The van der Waals surface area contributed by atoms with Gasteiger partial charge in [0.25, 0.3) is 5.91 Å². The summed E-state index contributed by atoms with van der Waals surface area (Å²) in [5.74, 6) is -0.126. The summed E-state index contributed by atoms with van der Waals surface area (Å²) < 4.78 is 0. The SMILES string of the molecule is Cc1cccc(C2(C(=O)NCc3cccc(NC(=O)c4ccncc4)c3)CC2)c1. The summed E-state index contributed by atoms with van der Waals surface area (Å²) >= 11 is 0. The van der Waals surface area contributed by atoms with E-state index in [9.17, 15) is 9.59 Å². The first-order valence-electron chi connectivity index (χ1n) is 9.73. The van der Waals surface area contributed by atoms with E-state index in [1.807, 2.05) is 49.4 Å². The van der Waals surface area contributed by atoms with Gasteiger partial charge < -0.3 is 10.6 Å². The Bertz CT molecular complexity index is 1040. The van der Waals surface area contributed by atoms with Crippen molar-refractivity contribution in [1.29, 1.82) is 0 Å². The fourth-order valence-corrected chi connectivity index (χ4v) is 3.53. The molecule has 0 radical (unpaired) electrons. The Balaban J connectivity index is 1.40. The molecular formula is C24H23N3O2. The number of hydrogen-bond acceptors (Lipinski definition) is 3. The van der Waals surface area contributed by atoms with Crippen molar-refractivity contribution in [2.75, 3.05) is 5.32 Å². The van der Waals surface area contributed by atoms with E-state index in [0.717, 1.165) is 24.0 Å². The number of nitrogens with one attached hydrogen (secondary N) is 2. The molecule has 1 aliphatic rings. The van der Waals surface area contributed by atoms with Gasteiger partial charge in [0.1, 0.15) is 0 Å². The normalized spacial score (nSPS) is 14.1. The van der Waals surface area contributed by atoms with Crippen LogP contribution in [0.5, 0.6) is 0 Å². The van der Waals surface area contributed by atoms with E-state index in [1.165, 1.54) is 5.56 Å². The van der Waals surface area contributed by atoms with Crippen LogP contribution in [-0.2, 0) is 16.8 Å². The van der Waals surface area contributed by atoms with Crippen molar-refractivity contribution in [1.82, 2.24) is 10.3 Å². The maximum Gasteiger partial charge on any atom is 0.255 e. The minimum absolute atomic E-state index is 0.0642. The van der Waals surface area contributed by atoms with Crippen LogP contribution in [0.4, 0.5) is 5.69 Å². The van der Waals surface area contributed by atoms with Gasteiger partial charge in [0.2, 0.25) is 5.91 Å². The van der Waals surface area contributed by atoms with Gasteiger partial charge >= 0.3 is 0 Å². The minimum Gasteiger partial charge on any atom is -0.351 e. The summed E-state index contributed by atoms with van der Waals surface area (Å²) in [6, 6.07) is 19.0. The number of benzene rings is 2. The van der Waals surface area contributed by atoms with E-state index in [2.05, 4.69) is 21.7 Å². The highest BCUT2D eigenvalue weighted by molar-refractivity contribution is 6.04. The highest BCUT2D eigenvalue weighted by Gasteiger charge is 2.51. The molecule has 3 aromatic rings. The maximum atomic E-state index is 12.9. The van der Waals surface area contributed by atoms with Crippen molar-refractivity contribution < 1.29 is 9.59 Å². The van der Waals surface area contributed by atoms with Crippen LogP contribution in [0.1, 0.15) is 39.9 Å². The van der Waals surface area contributed by atoms with Gasteiger partial charge in [-0.05, 0) is 55.2 Å². The second-order valence-electron chi connectivity index (χ2n) is 7.52. The van der Waals surface area contributed by atoms with Crippen molar-refractivity contribution in [3.63, 3.8) is 0 Å². The second-order valence-corrected chi connectivity index (χ2v) is 7.52. The smallest absolute Gasteiger partial charge is 0.255 e. The molecule has 0 spiro atoms. The molecule has 0 atom stereocenters. The lowest BCUT2D eigenvalue weighted by Crippen LogP contribution is -2.34. The lowest BCUT2D eigenvalue weighted by molar-refractivity contribution is -0.123. The number of aryl methyl sites for hydroxylation is 1. The molecule has 1 aromatic heterocycles. The second kappa shape index (κ2) is 7.87. The predicted octanol–water partition coefficient (Wildman–Crippen LogP) is 3.99. The zero-order valence-corrected chi connectivity index (χ0v) is 16.3. The molecule has 2 aromatic carbocycles. The lowest BCUT2D eigenvalue weighted by Gasteiger charge is -2.16. The molecule has 0 bridgehead atoms. The number of carbonyl (C=O) groups is 2. The summed E-state index contributed by atoms with van der Waals surface area (Å²) in [6.07, 6.45) is 4.93. The van der Waals surface area contributed by atoms with Crippen molar-refractivity contribution in [2.45, 2.75) is 31.7 Å². The molecule has 0 unspecified atom stereocenters. The Morgan fingerprint density at radius 2 is 1.76 bits per heavy atom. The van der Waals surface area contributed by atoms with Gasteiger partial charge in [-0.15, -0.1) is 0 Å². The van der Waals surface area contributed by atoms with E-state index >= 15 is 0 Å². The van der Waals surface area contributed by atoms with E-state index < -0.39 is 0 Å². The van der Waals surface area contributed by atoms with Crippen LogP contribution in [0, 0.1) is 6.92 Å². The summed E-state index contributed by atoms with van der Waals surface area (Å²) in [5.41, 5.74) is 4.04. The number of hydrogen-bond donors (Lipinski definition) is 2. The fraction of sp³-hybridized carbons (Fsp3) is 0.208. The number of nitrogens with zero attached hydrogens (tertiary/aromatic N) is 1. The summed E-state index contributed by atoms with van der Waals surface area (Å²) in [6.45, 7) is 2.47. The Morgan fingerprint density at radius 3 is 2.48 bits per heavy atom. The molecule has 5 nitrogen and oxygen atoms in total. The molecule has 2 N–H and O–H groups in total. The minimum atomic E-state index is -0.390. The van der Waals surface area contributed by atoms with Crippen LogP contribution in [0.2, 0.25) is 0 Å². The Morgan fingerprint density at radius 1 is 1.00 bits per heavy atom. The molecule has 1 heterocycles. The lowest BCUT2D eigenvalue weighted by atomic mass is 9.93. The van der Waals surface area contributed by atoms with Gasteiger partial charge in [-0.25, -0.2) is 0 Å². The van der Waals surface area contributed by atoms with Crippen LogP contribution in [0.3, 0.4) is 0 Å². The van der Waals surface area contributed by atoms with Crippen LogP contribution in [-0.4, -0.2) is 16.8 Å². The molecule has 29 heavy (non-hydrogen) atoms. The third-order valence-electron chi connectivity index (χ3n) is 5.34. The number of rotatable bonds is 6. The molecule has 0 saturated heterocycles. The van der Waals surface area contributed by atoms with Crippen LogP contribution in [0.15, 0.2) is 73.1 Å². The number of amides is 2. The molecule has 2 amide bonds. The molecule has 1 aliphatic carbocycles. The van der Waals surface area contributed by atoms with E-state index in [1.54, 1.807) is 24.5 Å². The molecule has 1 saturated carbocycles. The van der Waals surface area contributed by atoms with Gasteiger partial charge in [-0.2, -0.15) is 0 Å². The average Bonchev–Trinajstić information content (AvgIpc) is 3.55. The zero-order chi connectivity index (χ0) is 20.3. The Labute approximate surface area is 170 Å². The van der Waals surface area contributed by atoms with E-state index in [4.69, 9.17) is 0 Å². The molecule has 5 heteroatoms. The largest absolute Gasteiger partial charge is 0.351 e. The fourth-order valence-electron chi connectivity index (χ4n) is 3.53. The molecule has 4 rings (SSSR count). The first-order valence-corrected chi connectivity index (χ1v) is 9.73. The van der Waals surface area contributed by atoms with Crippen LogP contribution in [0.25, 0.3) is 0 Å². The molecule has 146 valence electrons. The van der Waals surface area contributed by atoms with Gasteiger partial charge in [0, 0.05) is 30.2 Å². The van der Waals surface area contributed by atoms with Crippen molar-refractivity contribution in [3.8, 4) is 0 Å². The predicted molar refractivity (Wildman–Crippen MR) is 113 cm³/mol. The summed E-state index contributed by atoms with van der Waals surface area (Å²) in [4.78, 5) is 29.1. The Hall–Kier alpha value is -3.47. The summed E-state index contributed by atoms with van der Waals surface area (Å²) in [5, 5.41) is 5.95. The van der Waals surface area contributed by atoms with Gasteiger partial charge in [0.15, 0.2) is 0 Å². The monoisotopic (exact) mass is 385 g/mol. The third kappa shape index (κ3) is 4.19. The van der Waals surface area contributed by atoms with Crippen molar-refractivity contribution >= 4 is 17.5 Å². The maximum absolute atomic E-state index is 12.9. The number of carbonyl (C=O) groups excluding carboxylic acids is 2. The van der Waals surface area contributed by atoms with Gasteiger partial charge in [-0.1, -0.05) is 42.0 Å². The first kappa shape index (κ1) is 18.9. The molecule has 1 fully saturated rings. The van der Waals surface area contributed by atoms with E-state index in [-0.39, 0.29) is 17.2 Å². The van der Waals surface area contributed by atoms with E-state index in [0.29, 0.717) is 17.8 Å². The zero-order valence-electron chi connectivity index (χ0n) is 16.3. The van der Waals surface area contributed by atoms with Gasteiger partial charge in [-0.3, -0.25) is 14.6 Å². The number of pyridine rings is 1. The highest BCUT2D eigenvalue weighted by Crippen LogP contribution is 2.48. The quantitative estimate of drug-likeness (QED) is 0.674. The number of anilines is 1. The molecule has 0 aliphatic heterocycles.